The average Bonchev–Trinajstić information content (AvgIpc) is 2.55. The van der Waals surface area contributed by atoms with E-state index in [1.807, 2.05) is 0 Å². The summed E-state index contributed by atoms with van der Waals surface area (Å²) in [4.78, 5) is 0. The number of fused-ring (bicyclic) bond motifs is 2. The van der Waals surface area contributed by atoms with Crippen LogP contribution in [0.15, 0.2) is 0 Å². The number of rotatable bonds is 3. The molecule has 0 aromatic rings. The molecule has 13 heavy (non-hydrogen) atoms. The number of hydrogen-bond donors (Lipinski definition) is 0. The lowest BCUT2D eigenvalue weighted by molar-refractivity contribution is -0.114. The van der Waals surface area contributed by atoms with Gasteiger partial charge in [0.2, 0.25) is 0 Å². The van der Waals surface area contributed by atoms with Crippen LogP contribution in [-0.4, -0.2) is 46.4 Å². The Labute approximate surface area is 80.1 Å². The van der Waals surface area contributed by atoms with Crippen molar-refractivity contribution in [3.8, 4) is 0 Å². The molecule has 2 bridgehead atoms. The van der Waals surface area contributed by atoms with Gasteiger partial charge in [-0.25, -0.2) is 0 Å². The van der Waals surface area contributed by atoms with Crippen LogP contribution in [0.5, 0.6) is 0 Å². The van der Waals surface area contributed by atoms with Crippen molar-refractivity contribution in [3.05, 3.63) is 0 Å². The molecule has 0 aromatic carbocycles. The molecular weight excluding hydrogens is 167 g/mol. The molecule has 0 spiro atoms. The van der Waals surface area contributed by atoms with E-state index in [0.717, 1.165) is 12.8 Å². The molecule has 1 heterocycles. The molecule has 72 valence electrons. The fraction of sp³-hybridized carbons (Fsp3) is 1.00. The van der Waals surface area contributed by atoms with E-state index in [4.69, 9.17) is 22.1 Å². The molecule has 2 radical (unpaired) electrons. The summed E-state index contributed by atoms with van der Waals surface area (Å²) >= 11 is 0. The molecule has 4 heteroatoms. The van der Waals surface area contributed by atoms with Gasteiger partial charge in [-0.05, 0) is 12.8 Å². The second kappa shape index (κ2) is 3.26. The lowest BCUT2D eigenvalue weighted by atomic mass is 9.85. The Kier molecular flexibility index (Phi) is 2.38. The smallest absolute Gasteiger partial charge is 0.117 e. The summed E-state index contributed by atoms with van der Waals surface area (Å²) in [5.41, 5.74) is -0.270. The van der Waals surface area contributed by atoms with Gasteiger partial charge in [0.15, 0.2) is 0 Å². The van der Waals surface area contributed by atoms with Crippen LogP contribution in [0.4, 0.5) is 0 Å². The Morgan fingerprint density at radius 3 is 2.85 bits per heavy atom. The van der Waals surface area contributed by atoms with Crippen LogP contribution in [0.1, 0.15) is 12.8 Å². The van der Waals surface area contributed by atoms with Crippen molar-refractivity contribution in [1.82, 2.24) is 0 Å². The summed E-state index contributed by atoms with van der Waals surface area (Å²) in [7, 11) is 9.24. The lowest BCUT2D eigenvalue weighted by Crippen LogP contribution is -2.42. The monoisotopic (exact) mass is 182 g/mol. The first-order chi connectivity index (χ1) is 6.23. The van der Waals surface area contributed by atoms with Crippen LogP contribution in [-0.2, 0) is 14.2 Å². The van der Waals surface area contributed by atoms with Crippen molar-refractivity contribution in [2.45, 2.75) is 30.5 Å². The molecule has 1 saturated carbocycles. The number of ether oxygens (including phenoxy) is 3. The highest BCUT2D eigenvalue weighted by Crippen LogP contribution is 2.48. The van der Waals surface area contributed by atoms with Gasteiger partial charge in [-0.1, -0.05) is 0 Å². The van der Waals surface area contributed by atoms with E-state index >= 15 is 0 Å². The van der Waals surface area contributed by atoms with Crippen molar-refractivity contribution >= 4 is 7.85 Å². The standard InChI is InChI=1S/C9H15BO3/c1-11-5-9-4-3-6(7(9)12-2)8(10)13-9/h6-8H,3-5H2,1-2H3. The van der Waals surface area contributed by atoms with E-state index in [1.165, 1.54) is 0 Å². The summed E-state index contributed by atoms with van der Waals surface area (Å²) in [6.07, 6.45) is 2.20. The highest BCUT2D eigenvalue weighted by Gasteiger charge is 2.58. The van der Waals surface area contributed by atoms with Gasteiger partial charge < -0.3 is 14.2 Å². The minimum Gasteiger partial charge on any atom is -0.382 e. The minimum absolute atomic E-state index is 0.113. The summed E-state index contributed by atoms with van der Waals surface area (Å²) in [5.74, 6) is 0.347. The Balaban J connectivity index is 2.17. The van der Waals surface area contributed by atoms with Gasteiger partial charge in [-0.2, -0.15) is 0 Å². The number of hydrogen-bond acceptors (Lipinski definition) is 3. The van der Waals surface area contributed by atoms with Crippen LogP contribution in [0.25, 0.3) is 0 Å². The molecule has 4 unspecified atom stereocenters. The molecule has 2 aliphatic rings. The maximum absolute atomic E-state index is 5.84. The van der Waals surface area contributed by atoms with E-state index in [9.17, 15) is 0 Å². The molecule has 0 aromatic heterocycles. The van der Waals surface area contributed by atoms with E-state index in [2.05, 4.69) is 0 Å². The quantitative estimate of drug-likeness (QED) is 0.588. The van der Waals surface area contributed by atoms with Gasteiger partial charge in [-0.3, -0.25) is 0 Å². The fourth-order valence-electron chi connectivity index (χ4n) is 2.74. The Morgan fingerprint density at radius 2 is 2.31 bits per heavy atom. The van der Waals surface area contributed by atoms with Crippen LogP contribution in [0.3, 0.4) is 0 Å². The van der Waals surface area contributed by atoms with Crippen molar-refractivity contribution in [2.24, 2.45) is 5.92 Å². The third-order valence-electron chi connectivity index (χ3n) is 3.24. The summed E-state index contributed by atoms with van der Waals surface area (Å²) in [6.45, 7) is 0.579. The van der Waals surface area contributed by atoms with E-state index in [0.29, 0.717) is 12.5 Å². The summed E-state index contributed by atoms with van der Waals surface area (Å²) < 4.78 is 16.3. The van der Waals surface area contributed by atoms with Crippen LogP contribution in [0.2, 0.25) is 0 Å². The van der Waals surface area contributed by atoms with Crippen molar-refractivity contribution in [2.75, 3.05) is 20.8 Å². The second-order valence-electron chi connectivity index (χ2n) is 3.94. The molecule has 2 rings (SSSR count). The highest BCUT2D eigenvalue weighted by molar-refractivity contribution is 6.11. The SMILES string of the molecule is [B]C1OC2(COC)CCC1C2OC. The molecule has 3 nitrogen and oxygen atoms in total. The largest absolute Gasteiger partial charge is 0.382 e. The van der Waals surface area contributed by atoms with Gasteiger partial charge in [-0.15, -0.1) is 0 Å². The number of methoxy groups -OCH3 is 2. The first kappa shape index (κ1) is 9.50. The summed E-state index contributed by atoms with van der Waals surface area (Å²) in [6, 6.07) is -0.172. The second-order valence-corrected chi connectivity index (χ2v) is 3.94. The van der Waals surface area contributed by atoms with Crippen molar-refractivity contribution in [1.29, 1.82) is 0 Å². The fourth-order valence-corrected chi connectivity index (χ4v) is 2.74. The molecule has 0 N–H and O–H groups in total. The topological polar surface area (TPSA) is 27.7 Å². The molecule has 2 fully saturated rings. The molecule has 1 aliphatic heterocycles. The average molecular weight is 182 g/mol. The first-order valence-electron chi connectivity index (χ1n) is 4.68. The molecule has 1 saturated heterocycles. The van der Waals surface area contributed by atoms with E-state index in [-0.39, 0.29) is 17.7 Å². The molecule has 4 atom stereocenters. The zero-order valence-corrected chi connectivity index (χ0v) is 8.16. The molecule has 0 amide bonds. The Hall–Kier alpha value is -0.0551. The zero-order valence-electron chi connectivity index (χ0n) is 8.16. The van der Waals surface area contributed by atoms with Gasteiger partial charge in [0.05, 0.1) is 12.7 Å². The van der Waals surface area contributed by atoms with Crippen molar-refractivity contribution < 1.29 is 14.2 Å². The predicted molar refractivity (Wildman–Crippen MR) is 48.8 cm³/mol. The van der Waals surface area contributed by atoms with E-state index < -0.39 is 0 Å². The van der Waals surface area contributed by atoms with Gasteiger partial charge >= 0.3 is 0 Å². The lowest BCUT2D eigenvalue weighted by Gasteiger charge is -2.30. The van der Waals surface area contributed by atoms with Gasteiger partial charge in [0.1, 0.15) is 13.4 Å². The van der Waals surface area contributed by atoms with E-state index in [1.54, 1.807) is 14.2 Å². The van der Waals surface area contributed by atoms with Gasteiger partial charge in [0, 0.05) is 26.1 Å². The maximum Gasteiger partial charge on any atom is 0.117 e. The maximum atomic E-state index is 5.84. The Morgan fingerprint density at radius 1 is 1.54 bits per heavy atom. The normalized spacial score (nSPS) is 48.6. The van der Waals surface area contributed by atoms with Crippen molar-refractivity contribution in [3.63, 3.8) is 0 Å². The van der Waals surface area contributed by atoms with Crippen LogP contribution >= 0.6 is 0 Å². The van der Waals surface area contributed by atoms with Crippen LogP contribution in [0, 0.1) is 5.92 Å². The van der Waals surface area contributed by atoms with Crippen LogP contribution < -0.4 is 0 Å². The molecular formula is C9H15BO3. The summed E-state index contributed by atoms with van der Waals surface area (Å²) in [5, 5.41) is 0. The van der Waals surface area contributed by atoms with Gasteiger partial charge in [0.25, 0.3) is 0 Å². The first-order valence-corrected chi connectivity index (χ1v) is 4.68. The highest BCUT2D eigenvalue weighted by atomic mass is 16.6. The zero-order chi connectivity index (χ0) is 9.47. The Bertz CT molecular complexity index is 199. The minimum atomic E-state index is -0.270. The third kappa shape index (κ3) is 1.23. The predicted octanol–water partition coefficient (Wildman–Crippen LogP) is 0.321. The molecule has 1 aliphatic carbocycles. The third-order valence-corrected chi connectivity index (χ3v) is 3.24.